The van der Waals surface area contributed by atoms with Crippen LogP contribution < -0.4 is 5.32 Å². The Labute approximate surface area is 164 Å². The molecule has 3 aromatic rings. The molecule has 1 heterocycles. The van der Waals surface area contributed by atoms with Crippen LogP contribution in [0.2, 0.25) is 0 Å². The Bertz CT molecular complexity index is 980. The van der Waals surface area contributed by atoms with E-state index < -0.39 is 0 Å². The molecule has 0 aliphatic heterocycles. The fourth-order valence-corrected chi connectivity index (χ4v) is 3.77. The minimum absolute atomic E-state index is 0.00805. The summed E-state index contributed by atoms with van der Waals surface area (Å²) in [6.07, 6.45) is 3.42. The van der Waals surface area contributed by atoms with Crippen molar-refractivity contribution < 1.29 is 9.59 Å². The molecule has 1 aliphatic rings. The van der Waals surface area contributed by atoms with Gasteiger partial charge in [0.15, 0.2) is 0 Å². The number of amides is 2. The van der Waals surface area contributed by atoms with E-state index in [1.165, 1.54) is 10.9 Å². The number of para-hydroxylation sites is 1. The Morgan fingerprint density at radius 3 is 2.64 bits per heavy atom. The number of aromatic nitrogens is 1. The number of rotatable bonds is 7. The van der Waals surface area contributed by atoms with Crippen molar-refractivity contribution >= 4 is 22.7 Å². The lowest BCUT2D eigenvalue weighted by Gasteiger charge is -2.17. The number of hydrogen-bond acceptors (Lipinski definition) is 2. The molecule has 1 saturated carbocycles. The molecule has 28 heavy (non-hydrogen) atoms. The summed E-state index contributed by atoms with van der Waals surface area (Å²) in [6, 6.07) is 18.1. The fraction of sp³-hybridized carbons (Fsp3) is 0.304. The second-order valence-corrected chi connectivity index (χ2v) is 7.53. The van der Waals surface area contributed by atoms with Gasteiger partial charge < -0.3 is 15.2 Å². The first kappa shape index (κ1) is 18.3. The lowest BCUT2D eigenvalue weighted by atomic mass is 10.1. The Morgan fingerprint density at radius 2 is 1.82 bits per heavy atom. The summed E-state index contributed by atoms with van der Waals surface area (Å²) < 4.78 is 0. The molecular formula is C23H25N3O2. The number of nitrogens with one attached hydrogen (secondary N) is 2. The van der Waals surface area contributed by atoms with Gasteiger partial charge in [-0.2, -0.15) is 0 Å². The molecule has 144 valence electrons. The molecule has 2 unspecified atom stereocenters. The summed E-state index contributed by atoms with van der Waals surface area (Å²) in [7, 11) is 1.81. The highest BCUT2D eigenvalue weighted by atomic mass is 16.2. The summed E-state index contributed by atoms with van der Waals surface area (Å²) in [5, 5.41) is 4.19. The maximum Gasteiger partial charge on any atom is 0.226 e. The van der Waals surface area contributed by atoms with Crippen LogP contribution in [0.3, 0.4) is 0 Å². The first-order valence-electron chi connectivity index (χ1n) is 9.75. The molecule has 1 aliphatic carbocycles. The highest BCUT2D eigenvalue weighted by Gasteiger charge is 2.48. The van der Waals surface area contributed by atoms with Crippen molar-refractivity contribution in [2.24, 2.45) is 11.8 Å². The molecule has 1 aromatic heterocycles. The number of H-pyrrole nitrogens is 1. The number of carbonyl (C=O) groups excluding carboxylic acids is 2. The zero-order valence-corrected chi connectivity index (χ0v) is 16.0. The lowest BCUT2D eigenvalue weighted by molar-refractivity contribution is -0.134. The van der Waals surface area contributed by atoms with Crippen molar-refractivity contribution in [3.05, 3.63) is 71.9 Å². The van der Waals surface area contributed by atoms with E-state index in [4.69, 9.17) is 0 Å². The van der Waals surface area contributed by atoms with Crippen molar-refractivity contribution in [1.82, 2.24) is 15.2 Å². The minimum Gasteiger partial charge on any atom is -0.361 e. The van der Waals surface area contributed by atoms with E-state index in [9.17, 15) is 9.59 Å². The van der Waals surface area contributed by atoms with Gasteiger partial charge >= 0.3 is 0 Å². The van der Waals surface area contributed by atoms with Crippen molar-refractivity contribution in [2.45, 2.75) is 19.4 Å². The third-order valence-electron chi connectivity index (χ3n) is 5.45. The molecule has 2 N–H and O–H groups in total. The van der Waals surface area contributed by atoms with Gasteiger partial charge in [0.05, 0.1) is 11.8 Å². The monoisotopic (exact) mass is 375 g/mol. The third kappa shape index (κ3) is 3.93. The molecule has 1 fully saturated rings. The van der Waals surface area contributed by atoms with E-state index in [-0.39, 0.29) is 23.7 Å². The van der Waals surface area contributed by atoms with E-state index >= 15 is 0 Å². The number of fused-ring (bicyclic) bond motifs is 1. The molecule has 2 aromatic carbocycles. The average Bonchev–Trinajstić information content (AvgIpc) is 3.42. The summed E-state index contributed by atoms with van der Waals surface area (Å²) in [4.78, 5) is 30.0. The fourth-order valence-electron chi connectivity index (χ4n) is 3.77. The van der Waals surface area contributed by atoms with Gasteiger partial charge in [-0.05, 0) is 30.0 Å². The zero-order chi connectivity index (χ0) is 19.5. The van der Waals surface area contributed by atoms with Crippen LogP contribution in [0, 0.1) is 11.8 Å². The molecule has 0 saturated heterocycles. The Morgan fingerprint density at radius 1 is 1.07 bits per heavy atom. The number of aromatic amines is 1. The smallest absolute Gasteiger partial charge is 0.226 e. The Balaban J connectivity index is 1.24. The highest BCUT2D eigenvalue weighted by molar-refractivity contribution is 5.92. The zero-order valence-electron chi connectivity index (χ0n) is 16.0. The molecule has 4 rings (SSSR count). The number of carbonyl (C=O) groups is 2. The number of hydrogen-bond donors (Lipinski definition) is 2. The average molecular weight is 375 g/mol. The second-order valence-electron chi connectivity index (χ2n) is 7.53. The van der Waals surface area contributed by atoms with Gasteiger partial charge in [0.25, 0.3) is 0 Å². The molecular weight excluding hydrogens is 350 g/mol. The van der Waals surface area contributed by atoms with E-state index in [0.717, 1.165) is 17.5 Å². The van der Waals surface area contributed by atoms with Gasteiger partial charge in [-0.3, -0.25) is 9.59 Å². The predicted molar refractivity (Wildman–Crippen MR) is 110 cm³/mol. The van der Waals surface area contributed by atoms with Crippen molar-refractivity contribution in [3.63, 3.8) is 0 Å². The quantitative estimate of drug-likeness (QED) is 0.666. The standard InChI is InChI=1S/C23H25N3O2/c1-26(15-16-7-3-2-4-8-16)23(28)20-13-19(20)22(27)24-12-11-17-14-25-21-10-6-5-9-18(17)21/h2-10,14,19-20,25H,11-13,15H2,1H3,(H,24,27). The van der Waals surface area contributed by atoms with Gasteiger partial charge in [-0.1, -0.05) is 48.5 Å². The lowest BCUT2D eigenvalue weighted by Crippen LogP contribution is -2.32. The first-order valence-corrected chi connectivity index (χ1v) is 9.75. The van der Waals surface area contributed by atoms with Crippen LogP contribution >= 0.6 is 0 Å². The van der Waals surface area contributed by atoms with Crippen molar-refractivity contribution in [1.29, 1.82) is 0 Å². The largest absolute Gasteiger partial charge is 0.361 e. The summed E-state index contributed by atoms with van der Waals surface area (Å²) in [5.74, 6) is -0.317. The molecule has 0 spiro atoms. The van der Waals surface area contributed by atoms with Crippen LogP contribution in [0.1, 0.15) is 17.5 Å². The van der Waals surface area contributed by atoms with Gasteiger partial charge in [0.2, 0.25) is 11.8 Å². The molecule has 2 amide bonds. The molecule has 0 bridgehead atoms. The molecule has 2 atom stereocenters. The van der Waals surface area contributed by atoms with E-state index in [1.807, 2.05) is 54.7 Å². The molecule has 0 radical (unpaired) electrons. The van der Waals surface area contributed by atoms with E-state index in [2.05, 4.69) is 16.4 Å². The van der Waals surface area contributed by atoms with Crippen molar-refractivity contribution in [3.8, 4) is 0 Å². The van der Waals surface area contributed by atoms with E-state index in [0.29, 0.717) is 19.5 Å². The van der Waals surface area contributed by atoms with Gasteiger partial charge in [0, 0.05) is 37.2 Å². The Hall–Kier alpha value is -3.08. The topological polar surface area (TPSA) is 65.2 Å². The van der Waals surface area contributed by atoms with Gasteiger partial charge in [-0.25, -0.2) is 0 Å². The van der Waals surface area contributed by atoms with E-state index in [1.54, 1.807) is 11.9 Å². The first-order chi connectivity index (χ1) is 13.6. The predicted octanol–water partition coefficient (Wildman–Crippen LogP) is 3.12. The van der Waals surface area contributed by atoms with Crippen LogP contribution in [0.15, 0.2) is 60.8 Å². The van der Waals surface area contributed by atoms with Gasteiger partial charge in [0.1, 0.15) is 0 Å². The van der Waals surface area contributed by atoms with Crippen LogP contribution in [0.5, 0.6) is 0 Å². The SMILES string of the molecule is CN(Cc1ccccc1)C(=O)C1CC1C(=O)NCCc1c[nH]c2ccccc12. The molecule has 5 heteroatoms. The van der Waals surface area contributed by atoms with Crippen LogP contribution in [0.25, 0.3) is 10.9 Å². The van der Waals surface area contributed by atoms with Crippen LogP contribution in [0.4, 0.5) is 0 Å². The van der Waals surface area contributed by atoms with Crippen molar-refractivity contribution in [2.75, 3.05) is 13.6 Å². The normalized spacial score (nSPS) is 18.0. The summed E-state index contributed by atoms with van der Waals surface area (Å²) >= 11 is 0. The Kier molecular flexibility index (Phi) is 5.15. The van der Waals surface area contributed by atoms with Gasteiger partial charge in [-0.15, -0.1) is 0 Å². The summed E-state index contributed by atoms with van der Waals surface area (Å²) in [6.45, 7) is 1.16. The van der Waals surface area contributed by atoms with Crippen LogP contribution in [-0.4, -0.2) is 35.3 Å². The molecule has 5 nitrogen and oxygen atoms in total. The number of benzene rings is 2. The summed E-state index contributed by atoms with van der Waals surface area (Å²) in [5.41, 5.74) is 3.40. The number of nitrogens with zero attached hydrogens (tertiary/aromatic N) is 1. The maximum absolute atomic E-state index is 12.6. The van der Waals surface area contributed by atoms with Crippen LogP contribution in [-0.2, 0) is 22.6 Å². The minimum atomic E-state index is -0.186. The maximum atomic E-state index is 12.6. The highest BCUT2D eigenvalue weighted by Crippen LogP contribution is 2.40. The second kappa shape index (κ2) is 7.89. The third-order valence-corrected chi connectivity index (χ3v) is 5.45.